The van der Waals surface area contributed by atoms with Gasteiger partial charge in [0.05, 0.1) is 16.8 Å². The predicted molar refractivity (Wildman–Crippen MR) is 119 cm³/mol. The van der Waals surface area contributed by atoms with Gasteiger partial charge in [-0.3, -0.25) is 14.9 Å². The number of para-hydroxylation sites is 1. The summed E-state index contributed by atoms with van der Waals surface area (Å²) in [6.45, 7) is 5.91. The minimum atomic E-state index is -0.437. The first-order valence-corrected chi connectivity index (χ1v) is 11.6. The number of anilines is 2. The number of rotatable bonds is 4. The number of amides is 2. The lowest BCUT2D eigenvalue weighted by Gasteiger charge is -2.37. The summed E-state index contributed by atoms with van der Waals surface area (Å²) in [6, 6.07) is 15.4. The van der Waals surface area contributed by atoms with Gasteiger partial charge >= 0.3 is 0 Å². The molecule has 0 radical (unpaired) electrons. The molecule has 5 rings (SSSR count). The van der Waals surface area contributed by atoms with Gasteiger partial charge in [-0.1, -0.05) is 30.0 Å². The lowest BCUT2D eigenvalue weighted by Crippen LogP contribution is -2.44. The minimum Gasteiger partial charge on any atom is -0.340 e. The molecule has 0 bridgehead atoms. The van der Waals surface area contributed by atoms with E-state index < -0.39 is 5.41 Å². The van der Waals surface area contributed by atoms with Crippen molar-refractivity contribution in [2.24, 2.45) is 5.41 Å². The number of likely N-dealkylation sites (tertiary alicyclic amines) is 1. The van der Waals surface area contributed by atoms with Crippen LogP contribution in [0.2, 0.25) is 0 Å². The van der Waals surface area contributed by atoms with Crippen LogP contribution in [-0.2, 0) is 9.59 Å². The largest absolute Gasteiger partial charge is 0.340 e. The molecule has 30 heavy (non-hydrogen) atoms. The monoisotopic (exact) mass is 421 g/mol. The maximum atomic E-state index is 12.2. The van der Waals surface area contributed by atoms with E-state index >= 15 is 0 Å². The Morgan fingerprint density at radius 2 is 1.77 bits per heavy atom. The van der Waals surface area contributed by atoms with Crippen molar-refractivity contribution in [3.05, 3.63) is 48.0 Å². The lowest BCUT2D eigenvalue weighted by molar-refractivity contribution is -0.130. The normalized spacial score (nSPS) is 20.2. The number of aryl methyl sites for hydroxylation is 1. The molecule has 0 saturated carbocycles. The Bertz CT molecular complexity index is 998. The number of benzene rings is 2. The molecule has 0 aromatic heterocycles. The Morgan fingerprint density at radius 1 is 1.00 bits per heavy atom. The summed E-state index contributed by atoms with van der Waals surface area (Å²) in [7, 11) is 0. The average Bonchev–Trinajstić information content (AvgIpc) is 3.02. The molecule has 5 nitrogen and oxygen atoms in total. The van der Waals surface area contributed by atoms with Crippen molar-refractivity contribution in [1.82, 2.24) is 10.2 Å². The standard InChI is InChI=1S/C24H27N3O2S/c1-17-7-8-21-19(15-17)27(18-5-2-3-6-20(18)30-21)12-4-11-26-13-9-24(10-14-26)16-22(28)25-23(24)29/h2-3,5-8,15H,4,9-14,16H2,1H3,(H,25,28,29). The van der Waals surface area contributed by atoms with Gasteiger partial charge in [0.15, 0.2) is 0 Å². The Balaban J connectivity index is 1.24. The van der Waals surface area contributed by atoms with E-state index in [1.807, 2.05) is 11.8 Å². The van der Waals surface area contributed by atoms with Crippen molar-refractivity contribution in [3.8, 4) is 0 Å². The van der Waals surface area contributed by atoms with E-state index in [-0.39, 0.29) is 11.8 Å². The molecule has 0 atom stereocenters. The molecule has 2 fully saturated rings. The van der Waals surface area contributed by atoms with Gasteiger partial charge in [-0.2, -0.15) is 0 Å². The van der Waals surface area contributed by atoms with Gasteiger partial charge in [0.1, 0.15) is 0 Å². The number of carbonyl (C=O) groups excluding carboxylic acids is 2. The van der Waals surface area contributed by atoms with Crippen molar-refractivity contribution in [3.63, 3.8) is 0 Å². The fourth-order valence-corrected chi connectivity index (χ4v) is 6.01. The Kier molecular flexibility index (Phi) is 5.07. The van der Waals surface area contributed by atoms with E-state index in [1.54, 1.807) is 0 Å². The highest BCUT2D eigenvalue weighted by Gasteiger charge is 2.47. The van der Waals surface area contributed by atoms with Crippen LogP contribution in [0.1, 0.15) is 31.2 Å². The van der Waals surface area contributed by atoms with Gasteiger partial charge in [-0.05, 0) is 75.6 Å². The Morgan fingerprint density at radius 3 is 2.53 bits per heavy atom. The van der Waals surface area contributed by atoms with Gasteiger partial charge in [-0.25, -0.2) is 0 Å². The topological polar surface area (TPSA) is 52.6 Å². The fraction of sp³-hybridized carbons (Fsp3) is 0.417. The molecule has 1 N–H and O–H groups in total. The third-order valence-electron chi connectivity index (χ3n) is 6.68. The molecule has 2 aromatic carbocycles. The van der Waals surface area contributed by atoms with Crippen molar-refractivity contribution < 1.29 is 9.59 Å². The summed E-state index contributed by atoms with van der Waals surface area (Å²) in [5, 5.41) is 2.50. The van der Waals surface area contributed by atoms with Crippen LogP contribution in [0.3, 0.4) is 0 Å². The van der Waals surface area contributed by atoms with Gasteiger partial charge < -0.3 is 9.80 Å². The average molecular weight is 422 g/mol. The van der Waals surface area contributed by atoms with Crippen LogP contribution in [0.5, 0.6) is 0 Å². The lowest BCUT2D eigenvalue weighted by atomic mass is 9.77. The van der Waals surface area contributed by atoms with Crippen molar-refractivity contribution in [2.75, 3.05) is 31.1 Å². The summed E-state index contributed by atoms with van der Waals surface area (Å²) in [4.78, 5) is 31.4. The molecule has 0 unspecified atom stereocenters. The van der Waals surface area contributed by atoms with E-state index in [0.717, 1.165) is 45.4 Å². The van der Waals surface area contributed by atoms with E-state index in [9.17, 15) is 9.59 Å². The highest BCUT2D eigenvalue weighted by Crippen LogP contribution is 2.48. The molecule has 1 spiro atoms. The maximum absolute atomic E-state index is 12.2. The quantitative estimate of drug-likeness (QED) is 0.753. The van der Waals surface area contributed by atoms with Gasteiger partial charge in [0, 0.05) is 22.8 Å². The zero-order valence-corrected chi connectivity index (χ0v) is 18.1. The van der Waals surface area contributed by atoms with Crippen LogP contribution in [-0.4, -0.2) is 42.9 Å². The number of piperidine rings is 1. The SMILES string of the molecule is Cc1ccc2c(c1)N(CCCN1CCC3(CC1)CC(=O)NC3=O)c1ccccc1S2. The third kappa shape index (κ3) is 3.52. The molecule has 2 saturated heterocycles. The third-order valence-corrected chi connectivity index (χ3v) is 7.81. The van der Waals surface area contributed by atoms with Crippen LogP contribution in [0.25, 0.3) is 0 Å². The predicted octanol–water partition coefficient (Wildman–Crippen LogP) is 4.12. The first-order chi connectivity index (χ1) is 14.5. The summed E-state index contributed by atoms with van der Waals surface area (Å²) >= 11 is 1.85. The second-order valence-electron chi connectivity index (χ2n) is 8.72. The highest BCUT2D eigenvalue weighted by atomic mass is 32.2. The summed E-state index contributed by atoms with van der Waals surface area (Å²) in [5.41, 5.74) is 3.44. The fourth-order valence-electron chi connectivity index (χ4n) is 4.93. The molecule has 2 aromatic rings. The van der Waals surface area contributed by atoms with Crippen molar-refractivity contribution in [2.45, 2.75) is 42.4 Å². The molecule has 3 aliphatic heterocycles. The number of nitrogens with zero attached hydrogens (tertiary/aromatic N) is 2. The van der Waals surface area contributed by atoms with E-state index in [4.69, 9.17) is 0 Å². The van der Waals surface area contributed by atoms with Gasteiger partial charge in [0.25, 0.3) is 0 Å². The molecular formula is C24H27N3O2S. The maximum Gasteiger partial charge on any atom is 0.233 e. The van der Waals surface area contributed by atoms with E-state index in [2.05, 4.69) is 64.5 Å². The molecule has 3 heterocycles. The number of hydrogen-bond acceptors (Lipinski definition) is 5. The zero-order chi connectivity index (χ0) is 20.7. The van der Waals surface area contributed by atoms with E-state index in [0.29, 0.717) is 6.42 Å². The van der Waals surface area contributed by atoms with Crippen molar-refractivity contribution >= 4 is 35.0 Å². The zero-order valence-electron chi connectivity index (χ0n) is 17.3. The van der Waals surface area contributed by atoms with Crippen LogP contribution in [0.4, 0.5) is 11.4 Å². The minimum absolute atomic E-state index is 0.0541. The Labute approximate surface area is 181 Å². The van der Waals surface area contributed by atoms with E-state index in [1.165, 1.54) is 26.7 Å². The number of fused-ring (bicyclic) bond motifs is 2. The Hall–Kier alpha value is -2.31. The van der Waals surface area contributed by atoms with Crippen molar-refractivity contribution in [1.29, 1.82) is 0 Å². The first-order valence-electron chi connectivity index (χ1n) is 10.8. The summed E-state index contributed by atoms with van der Waals surface area (Å²) in [6.07, 6.45) is 3.01. The van der Waals surface area contributed by atoms with Gasteiger partial charge in [0.2, 0.25) is 11.8 Å². The van der Waals surface area contributed by atoms with Crippen LogP contribution in [0, 0.1) is 12.3 Å². The summed E-state index contributed by atoms with van der Waals surface area (Å²) in [5.74, 6) is -0.161. The molecule has 3 aliphatic rings. The van der Waals surface area contributed by atoms with Crippen LogP contribution < -0.4 is 10.2 Å². The smallest absolute Gasteiger partial charge is 0.233 e. The molecule has 0 aliphatic carbocycles. The first kappa shape index (κ1) is 19.6. The number of hydrogen-bond donors (Lipinski definition) is 1. The molecule has 156 valence electrons. The number of carbonyl (C=O) groups is 2. The van der Waals surface area contributed by atoms with Gasteiger partial charge in [-0.15, -0.1) is 0 Å². The van der Waals surface area contributed by atoms with Crippen LogP contribution in [0.15, 0.2) is 52.3 Å². The number of imide groups is 1. The molecule has 6 heteroatoms. The molecular weight excluding hydrogens is 394 g/mol. The second kappa shape index (κ2) is 7.75. The van der Waals surface area contributed by atoms with Crippen LogP contribution >= 0.6 is 11.8 Å². The number of nitrogens with one attached hydrogen (secondary N) is 1. The highest BCUT2D eigenvalue weighted by molar-refractivity contribution is 7.99. The second-order valence-corrected chi connectivity index (χ2v) is 9.81. The summed E-state index contributed by atoms with van der Waals surface area (Å²) < 4.78 is 0. The molecule has 2 amide bonds.